The van der Waals surface area contributed by atoms with Crippen molar-refractivity contribution in [2.45, 2.75) is 46.5 Å². The molecule has 1 atom stereocenters. The molecule has 1 aliphatic carbocycles. The van der Waals surface area contributed by atoms with Crippen LogP contribution in [0.2, 0.25) is 0 Å². The number of hydrogen-bond acceptors (Lipinski definition) is 7. The third kappa shape index (κ3) is 3.95. The second-order valence-corrected chi connectivity index (χ2v) is 11.4. The Labute approximate surface area is 201 Å². The molecule has 1 amide bonds. The Balaban J connectivity index is 1.43. The van der Waals surface area contributed by atoms with Crippen LogP contribution in [0.15, 0.2) is 24.3 Å². The third-order valence-corrected chi connectivity index (χ3v) is 9.17. The molecule has 172 valence electrons. The number of aryl methyl sites for hydroxylation is 1. The van der Waals surface area contributed by atoms with Crippen LogP contribution in [0.25, 0.3) is 20.4 Å². The Morgan fingerprint density at radius 2 is 2.09 bits per heavy atom. The highest BCUT2D eigenvalue weighted by Crippen LogP contribution is 2.42. The van der Waals surface area contributed by atoms with E-state index in [2.05, 4.69) is 37.1 Å². The maximum atomic E-state index is 13.1. The Hall–Kier alpha value is -2.71. The van der Waals surface area contributed by atoms with E-state index in [0.29, 0.717) is 27.0 Å². The second kappa shape index (κ2) is 8.25. The number of nitrogens with one attached hydrogen (secondary N) is 1. The molecular formula is C25H28N4O2S2. The lowest BCUT2D eigenvalue weighted by Crippen LogP contribution is -2.29. The summed E-state index contributed by atoms with van der Waals surface area (Å²) in [6.45, 7) is 6.98. The first-order valence-corrected chi connectivity index (χ1v) is 12.9. The molecule has 6 nitrogen and oxygen atoms in total. The number of anilines is 2. The van der Waals surface area contributed by atoms with E-state index in [1.165, 1.54) is 28.2 Å². The van der Waals surface area contributed by atoms with Crippen molar-refractivity contribution in [3.8, 4) is 5.75 Å². The Bertz CT molecular complexity index is 1370. The van der Waals surface area contributed by atoms with Gasteiger partial charge in [0.1, 0.15) is 15.5 Å². The van der Waals surface area contributed by atoms with Gasteiger partial charge in [-0.3, -0.25) is 10.1 Å². The van der Waals surface area contributed by atoms with E-state index in [4.69, 9.17) is 15.5 Å². The summed E-state index contributed by atoms with van der Waals surface area (Å²) in [5.41, 5.74) is 10.5. The largest absolute Gasteiger partial charge is 0.497 e. The summed E-state index contributed by atoms with van der Waals surface area (Å²) in [4.78, 5) is 23.8. The van der Waals surface area contributed by atoms with Crippen molar-refractivity contribution >= 4 is 59.8 Å². The number of aromatic nitrogens is 2. The average molecular weight is 481 g/mol. The Kier molecular flexibility index (Phi) is 5.53. The minimum atomic E-state index is -0.246. The van der Waals surface area contributed by atoms with Crippen LogP contribution in [0.3, 0.4) is 0 Å². The number of nitrogens with two attached hydrogens (primary N) is 1. The van der Waals surface area contributed by atoms with Gasteiger partial charge in [-0.25, -0.2) is 9.97 Å². The maximum Gasteiger partial charge on any atom is 0.269 e. The molecule has 0 saturated carbocycles. The van der Waals surface area contributed by atoms with Crippen molar-refractivity contribution in [1.82, 2.24) is 9.97 Å². The lowest BCUT2D eigenvalue weighted by atomic mass is 9.69. The van der Waals surface area contributed by atoms with E-state index in [9.17, 15) is 4.79 Å². The number of carbonyl (C=O) groups is 1. The monoisotopic (exact) mass is 480 g/mol. The number of carbonyl (C=O) groups excluding carboxylic acids is 1. The van der Waals surface area contributed by atoms with Gasteiger partial charge in [0.15, 0.2) is 5.13 Å². The molecule has 1 aromatic carbocycles. The van der Waals surface area contributed by atoms with Crippen molar-refractivity contribution in [2.24, 2.45) is 11.3 Å². The normalized spacial score (nSPS) is 16.2. The molecule has 8 heteroatoms. The summed E-state index contributed by atoms with van der Waals surface area (Å²) < 4.78 is 6.23. The maximum absolute atomic E-state index is 13.1. The van der Waals surface area contributed by atoms with Crippen LogP contribution in [0.5, 0.6) is 5.75 Å². The number of nitrogens with zero attached hydrogens (tertiary/aromatic N) is 2. The quantitative estimate of drug-likeness (QED) is 0.350. The number of benzene rings is 1. The molecule has 0 aliphatic heterocycles. The van der Waals surface area contributed by atoms with Gasteiger partial charge >= 0.3 is 0 Å². The molecule has 0 saturated heterocycles. The highest BCUT2D eigenvalue weighted by atomic mass is 32.1. The molecule has 3 heterocycles. The smallest absolute Gasteiger partial charge is 0.269 e. The van der Waals surface area contributed by atoms with Crippen LogP contribution in [-0.4, -0.2) is 23.0 Å². The van der Waals surface area contributed by atoms with E-state index < -0.39 is 0 Å². The molecule has 0 bridgehead atoms. The summed E-state index contributed by atoms with van der Waals surface area (Å²) in [5.74, 6) is 1.15. The van der Waals surface area contributed by atoms with E-state index >= 15 is 0 Å². The molecule has 0 unspecified atom stereocenters. The van der Waals surface area contributed by atoms with Crippen LogP contribution in [0, 0.1) is 11.3 Å². The average Bonchev–Trinajstić information content (AvgIpc) is 3.36. The number of rotatable bonds is 5. The standard InChI is InChI=1S/C25H28N4O2S2/c1-5-25(2,3)14-6-8-17-13(10-14)11-16-20(26)21(33-23(16)27-17)22(30)29-24-28-18-9-7-15(31-4)12-19(18)32-24/h7,9,11-12,14H,5-6,8,10,26H2,1-4H3,(H,28,29,30)/t14-/m0/s1. The van der Waals surface area contributed by atoms with E-state index in [-0.39, 0.29) is 5.91 Å². The first-order chi connectivity index (χ1) is 15.8. The van der Waals surface area contributed by atoms with Gasteiger partial charge < -0.3 is 10.5 Å². The minimum Gasteiger partial charge on any atom is -0.497 e. The molecule has 1 aliphatic rings. The number of ether oxygens (including phenoxy) is 1. The molecule has 5 rings (SSSR count). The zero-order chi connectivity index (χ0) is 23.3. The lowest BCUT2D eigenvalue weighted by molar-refractivity contribution is 0.103. The van der Waals surface area contributed by atoms with Crippen LogP contribution in [0.4, 0.5) is 10.8 Å². The van der Waals surface area contributed by atoms with Crippen LogP contribution in [-0.2, 0) is 12.8 Å². The molecular weight excluding hydrogens is 452 g/mol. The fourth-order valence-electron chi connectivity index (χ4n) is 4.55. The number of nitrogen functional groups attached to an aromatic ring is 1. The first-order valence-electron chi connectivity index (χ1n) is 11.3. The van der Waals surface area contributed by atoms with Gasteiger partial charge in [0.2, 0.25) is 0 Å². The summed E-state index contributed by atoms with van der Waals surface area (Å²) in [6.07, 6.45) is 4.31. The molecule has 4 aromatic rings. The zero-order valence-electron chi connectivity index (χ0n) is 19.3. The Morgan fingerprint density at radius 3 is 2.85 bits per heavy atom. The zero-order valence-corrected chi connectivity index (χ0v) is 21.0. The van der Waals surface area contributed by atoms with Gasteiger partial charge in [0.05, 0.1) is 23.0 Å². The van der Waals surface area contributed by atoms with Crippen molar-refractivity contribution < 1.29 is 9.53 Å². The minimum absolute atomic E-state index is 0.246. The number of methoxy groups -OCH3 is 1. The topological polar surface area (TPSA) is 90.1 Å². The lowest BCUT2D eigenvalue weighted by Gasteiger charge is -2.36. The van der Waals surface area contributed by atoms with E-state index in [1.54, 1.807) is 7.11 Å². The van der Waals surface area contributed by atoms with Gasteiger partial charge in [-0.1, -0.05) is 38.5 Å². The predicted molar refractivity (Wildman–Crippen MR) is 138 cm³/mol. The van der Waals surface area contributed by atoms with Crippen molar-refractivity contribution in [2.75, 3.05) is 18.2 Å². The van der Waals surface area contributed by atoms with Gasteiger partial charge in [-0.15, -0.1) is 11.3 Å². The number of pyridine rings is 1. The molecule has 3 aromatic heterocycles. The highest BCUT2D eigenvalue weighted by molar-refractivity contribution is 7.23. The predicted octanol–water partition coefficient (Wildman–Crippen LogP) is 6.29. The van der Waals surface area contributed by atoms with Gasteiger partial charge in [0.25, 0.3) is 5.91 Å². The fraction of sp³-hybridized carbons (Fsp3) is 0.400. The molecule has 3 N–H and O–H groups in total. The van der Waals surface area contributed by atoms with Crippen LogP contribution in [0.1, 0.15) is 54.5 Å². The van der Waals surface area contributed by atoms with Gasteiger partial charge in [-0.05, 0) is 60.4 Å². The van der Waals surface area contributed by atoms with Gasteiger partial charge in [0, 0.05) is 11.1 Å². The first kappa shape index (κ1) is 22.1. The number of thiophene rings is 1. The fourth-order valence-corrected chi connectivity index (χ4v) is 6.43. The van der Waals surface area contributed by atoms with E-state index in [1.807, 2.05) is 18.2 Å². The number of fused-ring (bicyclic) bond motifs is 3. The molecule has 0 fully saturated rings. The van der Waals surface area contributed by atoms with Crippen molar-refractivity contribution in [3.05, 3.63) is 40.4 Å². The summed E-state index contributed by atoms with van der Waals surface area (Å²) in [6, 6.07) is 7.83. The second-order valence-electron chi connectivity index (χ2n) is 9.38. The molecule has 0 radical (unpaired) electrons. The number of thiazole rings is 1. The van der Waals surface area contributed by atoms with Crippen LogP contribution < -0.4 is 15.8 Å². The summed E-state index contributed by atoms with van der Waals surface area (Å²) in [7, 11) is 1.63. The number of hydrogen-bond donors (Lipinski definition) is 2. The van der Waals surface area contributed by atoms with E-state index in [0.717, 1.165) is 57.6 Å². The summed E-state index contributed by atoms with van der Waals surface area (Å²) in [5, 5.41) is 4.34. The highest BCUT2D eigenvalue weighted by Gasteiger charge is 2.32. The van der Waals surface area contributed by atoms with Crippen LogP contribution >= 0.6 is 22.7 Å². The molecule has 33 heavy (non-hydrogen) atoms. The third-order valence-electron chi connectivity index (χ3n) is 7.12. The Morgan fingerprint density at radius 1 is 1.27 bits per heavy atom. The van der Waals surface area contributed by atoms with Crippen molar-refractivity contribution in [1.29, 1.82) is 0 Å². The summed E-state index contributed by atoms with van der Waals surface area (Å²) >= 11 is 2.77. The molecule has 0 spiro atoms. The number of amides is 1. The van der Waals surface area contributed by atoms with Crippen molar-refractivity contribution in [3.63, 3.8) is 0 Å². The SMILES string of the molecule is CCC(C)(C)[C@H]1CCc2nc3sc(C(=O)Nc4nc5ccc(OC)cc5s4)c(N)c3cc2C1. The van der Waals surface area contributed by atoms with Gasteiger partial charge in [-0.2, -0.15) is 0 Å².